The number of carbonyl (C=O) groups is 1. The lowest BCUT2D eigenvalue weighted by Gasteiger charge is -2.03. The van der Waals surface area contributed by atoms with E-state index in [-0.39, 0.29) is 11.4 Å². The Balaban J connectivity index is 1.65. The number of pyridine rings is 1. The van der Waals surface area contributed by atoms with E-state index in [1.165, 1.54) is 12.1 Å². The predicted octanol–water partition coefficient (Wildman–Crippen LogP) is 3.72. The zero-order valence-electron chi connectivity index (χ0n) is 12.5. The Labute approximate surface area is 136 Å². The molecule has 0 unspecified atom stereocenters. The number of para-hydroxylation sites is 1. The molecule has 4 aromatic rings. The second-order valence-electron chi connectivity index (χ2n) is 5.34. The molecule has 1 amide bonds. The number of imidazole rings is 1. The third-order valence-electron chi connectivity index (χ3n) is 3.74. The maximum Gasteiger partial charge on any atom is 0.275 e. The van der Waals surface area contributed by atoms with Crippen LogP contribution in [-0.4, -0.2) is 20.3 Å². The molecular weight excluding hydrogens is 307 g/mol. The minimum atomic E-state index is -0.482. The zero-order chi connectivity index (χ0) is 16.5. The molecule has 2 N–H and O–H groups in total. The van der Waals surface area contributed by atoms with Crippen molar-refractivity contribution < 1.29 is 9.18 Å². The first-order chi connectivity index (χ1) is 11.7. The van der Waals surface area contributed by atoms with Crippen molar-refractivity contribution in [1.82, 2.24) is 14.4 Å². The van der Waals surface area contributed by atoms with Crippen LogP contribution < -0.4 is 5.32 Å². The van der Waals surface area contributed by atoms with E-state index in [4.69, 9.17) is 0 Å². The van der Waals surface area contributed by atoms with Crippen molar-refractivity contribution in [2.45, 2.75) is 0 Å². The maximum atomic E-state index is 13.6. The monoisotopic (exact) mass is 320 g/mol. The van der Waals surface area contributed by atoms with Crippen molar-refractivity contribution >= 4 is 17.2 Å². The number of H-pyrrole nitrogens is 1. The molecular formula is C18H13FN4O. The van der Waals surface area contributed by atoms with Gasteiger partial charge in [0.1, 0.15) is 17.2 Å². The first kappa shape index (κ1) is 14.2. The standard InChI is InChI=1S/C18H13FN4O/c19-14-3-1-2-4-15(14)22-18(24)16-11-23-10-13(5-6-17(23)21-16)12-7-8-20-9-12/h1-11,20H,(H,22,24). The molecule has 5 nitrogen and oxygen atoms in total. The molecule has 0 aliphatic rings. The van der Waals surface area contributed by atoms with Gasteiger partial charge in [0.25, 0.3) is 5.91 Å². The molecule has 1 aromatic carbocycles. The molecule has 0 atom stereocenters. The number of hydrogen-bond donors (Lipinski definition) is 2. The highest BCUT2D eigenvalue weighted by Gasteiger charge is 2.13. The van der Waals surface area contributed by atoms with Gasteiger partial charge >= 0.3 is 0 Å². The van der Waals surface area contributed by atoms with Crippen LogP contribution in [0, 0.1) is 5.82 Å². The van der Waals surface area contributed by atoms with Crippen LogP contribution in [-0.2, 0) is 0 Å². The van der Waals surface area contributed by atoms with Gasteiger partial charge < -0.3 is 14.7 Å². The highest BCUT2D eigenvalue weighted by atomic mass is 19.1. The topological polar surface area (TPSA) is 62.2 Å². The summed E-state index contributed by atoms with van der Waals surface area (Å²) in [7, 11) is 0. The Morgan fingerprint density at radius 3 is 2.75 bits per heavy atom. The lowest BCUT2D eigenvalue weighted by Crippen LogP contribution is -2.13. The minimum Gasteiger partial charge on any atom is -0.367 e. The number of amides is 1. The number of nitrogens with one attached hydrogen (secondary N) is 2. The van der Waals surface area contributed by atoms with Gasteiger partial charge in [-0.1, -0.05) is 12.1 Å². The highest BCUT2D eigenvalue weighted by molar-refractivity contribution is 6.03. The van der Waals surface area contributed by atoms with Crippen molar-refractivity contribution in [1.29, 1.82) is 0 Å². The molecule has 3 heterocycles. The molecule has 118 valence electrons. The summed E-state index contributed by atoms with van der Waals surface area (Å²) in [5, 5.41) is 2.53. The Hall–Kier alpha value is -3.41. The van der Waals surface area contributed by atoms with E-state index in [9.17, 15) is 9.18 Å². The van der Waals surface area contributed by atoms with Crippen LogP contribution in [0.1, 0.15) is 10.5 Å². The number of halogens is 1. The number of benzene rings is 1. The molecule has 0 saturated carbocycles. The number of hydrogen-bond acceptors (Lipinski definition) is 2. The fourth-order valence-electron chi connectivity index (χ4n) is 2.52. The smallest absolute Gasteiger partial charge is 0.275 e. The quantitative estimate of drug-likeness (QED) is 0.604. The van der Waals surface area contributed by atoms with Gasteiger partial charge in [-0.25, -0.2) is 9.37 Å². The normalized spacial score (nSPS) is 10.9. The number of aromatic amines is 1. The van der Waals surface area contributed by atoms with Crippen molar-refractivity contribution in [3.63, 3.8) is 0 Å². The summed E-state index contributed by atoms with van der Waals surface area (Å²) in [5.74, 6) is -0.934. The Morgan fingerprint density at radius 2 is 1.96 bits per heavy atom. The molecule has 4 rings (SSSR count). The van der Waals surface area contributed by atoms with Gasteiger partial charge in [0.05, 0.1) is 5.69 Å². The highest BCUT2D eigenvalue weighted by Crippen LogP contribution is 2.20. The summed E-state index contributed by atoms with van der Waals surface area (Å²) in [6, 6.07) is 11.8. The molecule has 0 saturated heterocycles. The first-order valence-electron chi connectivity index (χ1n) is 7.38. The Kier molecular flexibility index (Phi) is 3.35. The average Bonchev–Trinajstić information content (AvgIpc) is 3.25. The maximum absolute atomic E-state index is 13.6. The van der Waals surface area contributed by atoms with Crippen molar-refractivity contribution in [3.05, 3.63) is 78.8 Å². The van der Waals surface area contributed by atoms with E-state index in [1.54, 1.807) is 22.7 Å². The van der Waals surface area contributed by atoms with E-state index < -0.39 is 11.7 Å². The van der Waals surface area contributed by atoms with Gasteiger partial charge in [-0.3, -0.25) is 4.79 Å². The molecule has 0 radical (unpaired) electrons. The SMILES string of the molecule is O=C(Nc1ccccc1F)c1cn2cc(-c3cc[nH]c3)ccc2n1. The molecule has 0 fully saturated rings. The van der Waals surface area contributed by atoms with Gasteiger partial charge in [0.15, 0.2) is 0 Å². The van der Waals surface area contributed by atoms with Crippen LogP contribution >= 0.6 is 0 Å². The van der Waals surface area contributed by atoms with E-state index >= 15 is 0 Å². The molecule has 24 heavy (non-hydrogen) atoms. The third-order valence-corrected chi connectivity index (χ3v) is 3.74. The van der Waals surface area contributed by atoms with Crippen LogP contribution in [0.4, 0.5) is 10.1 Å². The summed E-state index contributed by atoms with van der Waals surface area (Å²) < 4.78 is 15.4. The summed E-state index contributed by atoms with van der Waals surface area (Å²) in [6.45, 7) is 0. The number of aromatic nitrogens is 3. The van der Waals surface area contributed by atoms with Crippen molar-refractivity contribution in [3.8, 4) is 11.1 Å². The van der Waals surface area contributed by atoms with Gasteiger partial charge in [-0.05, 0) is 35.9 Å². The van der Waals surface area contributed by atoms with Gasteiger partial charge in [0.2, 0.25) is 0 Å². The van der Waals surface area contributed by atoms with E-state index in [0.717, 1.165) is 11.1 Å². The van der Waals surface area contributed by atoms with Gasteiger partial charge in [-0.15, -0.1) is 0 Å². The number of carbonyl (C=O) groups excluding carboxylic acids is 1. The van der Waals surface area contributed by atoms with E-state index in [1.807, 2.05) is 36.8 Å². The van der Waals surface area contributed by atoms with Crippen LogP contribution in [0.5, 0.6) is 0 Å². The molecule has 0 spiro atoms. The Bertz CT molecular complexity index is 1020. The number of fused-ring (bicyclic) bond motifs is 1. The second-order valence-corrected chi connectivity index (χ2v) is 5.34. The number of nitrogens with zero attached hydrogens (tertiary/aromatic N) is 2. The van der Waals surface area contributed by atoms with Gasteiger partial charge in [-0.2, -0.15) is 0 Å². The van der Waals surface area contributed by atoms with Crippen LogP contribution in [0.25, 0.3) is 16.8 Å². The first-order valence-corrected chi connectivity index (χ1v) is 7.38. The molecule has 3 aromatic heterocycles. The van der Waals surface area contributed by atoms with Crippen molar-refractivity contribution in [2.75, 3.05) is 5.32 Å². The lowest BCUT2D eigenvalue weighted by molar-refractivity contribution is 0.102. The van der Waals surface area contributed by atoms with Gasteiger partial charge in [0, 0.05) is 30.4 Å². The Morgan fingerprint density at radius 1 is 1.08 bits per heavy atom. The number of anilines is 1. The lowest BCUT2D eigenvalue weighted by atomic mass is 10.1. The average molecular weight is 320 g/mol. The molecule has 0 bridgehead atoms. The second kappa shape index (κ2) is 5.66. The molecule has 6 heteroatoms. The largest absolute Gasteiger partial charge is 0.367 e. The van der Waals surface area contributed by atoms with E-state index in [0.29, 0.717) is 5.65 Å². The molecule has 0 aliphatic heterocycles. The predicted molar refractivity (Wildman–Crippen MR) is 89.3 cm³/mol. The zero-order valence-corrected chi connectivity index (χ0v) is 12.5. The van der Waals surface area contributed by atoms with Crippen molar-refractivity contribution in [2.24, 2.45) is 0 Å². The fraction of sp³-hybridized carbons (Fsp3) is 0. The van der Waals surface area contributed by atoms with Crippen LogP contribution in [0.15, 0.2) is 67.3 Å². The summed E-state index contributed by atoms with van der Waals surface area (Å²) in [5.41, 5.74) is 3.05. The summed E-state index contributed by atoms with van der Waals surface area (Å²) >= 11 is 0. The molecule has 0 aliphatic carbocycles. The third kappa shape index (κ3) is 2.54. The fourth-order valence-corrected chi connectivity index (χ4v) is 2.52. The number of rotatable bonds is 3. The summed E-state index contributed by atoms with van der Waals surface area (Å²) in [6.07, 6.45) is 7.26. The summed E-state index contributed by atoms with van der Waals surface area (Å²) in [4.78, 5) is 19.6. The van der Waals surface area contributed by atoms with Crippen LogP contribution in [0.3, 0.4) is 0 Å². The van der Waals surface area contributed by atoms with Crippen LogP contribution in [0.2, 0.25) is 0 Å². The van der Waals surface area contributed by atoms with E-state index in [2.05, 4.69) is 15.3 Å². The minimum absolute atomic E-state index is 0.132.